The maximum absolute atomic E-state index is 4.51. The second-order valence-electron chi connectivity index (χ2n) is 5.01. The summed E-state index contributed by atoms with van der Waals surface area (Å²) in [6.07, 6.45) is 6.29. The number of nitrogens with one attached hydrogen (secondary N) is 1. The summed E-state index contributed by atoms with van der Waals surface area (Å²) < 4.78 is 4.34. The molecule has 2 atom stereocenters. The molecule has 2 aliphatic rings. The van der Waals surface area contributed by atoms with Crippen LogP contribution in [0.15, 0.2) is 0 Å². The number of anilines is 1. The van der Waals surface area contributed by atoms with Crippen molar-refractivity contribution in [3.05, 3.63) is 5.82 Å². The smallest absolute Gasteiger partial charge is 0.202 e. The van der Waals surface area contributed by atoms with Gasteiger partial charge in [0.1, 0.15) is 5.82 Å². The van der Waals surface area contributed by atoms with Gasteiger partial charge in [-0.15, -0.1) is 0 Å². The zero-order chi connectivity index (χ0) is 11.7. The lowest BCUT2D eigenvalue weighted by Gasteiger charge is -2.32. The third-order valence-corrected chi connectivity index (χ3v) is 4.63. The quantitative estimate of drug-likeness (QED) is 0.895. The van der Waals surface area contributed by atoms with Crippen LogP contribution in [-0.4, -0.2) is 39.4 Å². The van der Waals surface area contributed by atoms with Crippen LogP contribution in [0.1, 0.15) is 38.4 Å². The van der Waals surface area contributed by atoms with Crippen molar-refractivity contribution in [3.63, 3.8) is 0 Å². The van der Waals surface area contributed by atoms with Gasteiger partial charge in [-0.25, -0.2) is 4.98 Å². The van der Waals surface area contributed by atoms with Gasteiger partial charge in [0.15, 0.2) is 0 Å². The Bertz CT molecular complexity index is 378. The second-order valence-corrected chi connectivity index (χ2v) is 5.76. The monoisotopic (exact) mass is 252 g/mol. The van der Waals surface area contributed by atoms with Crippen LogP contribution in [-0.2, 0) is 6.42 Å². The molecule has 0 radical (unpaired) electrons. The summed E-state index contributed by atoms with van der Waals surface area (Å²) in [6.45, 7) is 4.64. The summed E-state index contributed by atoms with van der Waals surface area (Å²) in [4.78, 5) is 7.15. The minimum Gasteiger partial charge on any atom is -0.356 e. The number of rotatable bonds is 3. The van der Waals surface area contributed by atoms with Gasteiger partial charge < -0.3 is 5.32 Å². The van der Waals surface area contributed by atoms with E-state index in [2.05, 4.69) is 26.5 Å². The second kappa shape index (κ2) is 4.90. The fraction of sp³-hybridized carbons (Fsp3) is 0.833. The zero-order valence-electron chi connectivity index (χ0n) is 10.4. The van der Waals surface area contributed by atoms with Crippen molar-refractivity contribution in [3.8, 4) is 0 Å². The van der Waals surface area contributed by atoms with E-state index in [1.165, 1.54) is 50.3 Å². The molecule has 0 amide bonds. The predicted octanol–water partition coefficient (Wildman–Crippen LogP) is 2.14. The zero-order valence-corrected chi connectivity index (χ0v) is 11.2. The van der Waals surface area contributed by atoms with Crippen LogP contribution in [0.4, 0.5) is 5.13 Å². The first-order chi connectivity index (χ1) is 8.36. The van der Waals surface area contributed by atoms with Gasteiger partial charge in [0.2, 0.25) is 5.13 Å². The van der Waals surface area contributed by atoms with Gasteiger partial charge in [0, 0.05) is 36.6 Å². The number of aryl methyl sites for hydroxylation is 1. The van der Waals surface area contributed by atoms with Gasteiger partial charge in [-0.05, 0) is 25.8 Å². The Morgan fingerprint density at radius 2 is 2.29 bits per heavy atom. The molecule has 3 rings (SSSR count). The summed E-state index contributed by atoms with van der Waals surface area (Å²) in [5.41, 5.74) is 0. The van der Waals surface area contributed by atoms with Gasteiger partial charge in [0.25, 0.3) is 0 Å². The molecular weight excluding hydrogens is 232 g/mol. The Morgan fingerprint density at radius 3 is 3.12 bits per heavy atom. The minimum atomic E-state index is 0.591. The van der Waals surface area contributed by atoms with Crippen LogP contribution >= 0.6 is 11.5 Å². The number of nitrogens with zero attached hydrogens (tertiary/aromatic N) is 3. The maximum Gasteiger partial charge on any atom is 0.202 e. The van der Waals surface area contributed by atoms with Crippen molar-refractivity contribution in [2.75, 3.05) is 18.4 Å². The van der Waals surface area contributed by atoms with Gasteiger partial charge in [-0.3, -0.25) is 4.90 Å². The van der Waals surface area contributed by atoms with Crippen molar-refractivity contribution < 1.29 is 0 Å². The fourth-order valence-electron chi connectivity index (χ4n) is 3.03. The van der Waals surface area contributed by atoms with E-state index in [0.717, 1.165) is 23.4 Å². The summed E-state index contributed by atoms with van der Waals surface area (Å²) in [5.74, 6) is 0.969. The Kier molecular flexibility index (Phi) is 3.29. The molecule has 4 nitrogen and oxygen atoms in total. The molecular formula is C12H20N4S. The lowest BCUT2D eigenvalue weighted by Crippen LogP contribution is -2.41. The molecule has 0 bridgehead atoms. The molecule has 1 aromatic rings. The molecule has 17 heavy (non-hydrogen) atoms. The van der Waals surface area contributed by atoms with E-state index in [9.17, 15) is 0 Å². The van der Waals surface area contributed by atoms with Crippen LogP contribution in [0, 0.1) is 0 Å². The summed E-state index contributed by atoms with van der Waals surface area (Å²) in [7, 11) is 0. The van der Waals surface area contributed by atoms with Gasteiger partial charge in [-0.2, -0.15) is 4.37 Å². The summed E-state index contributed by atoms with van der Waals surface area (Å²) >= 11 is 1.51. The molecule has 2 fully saturated rings. The molecule has 2 saturated heterocycles. The molecule has 5 heteroatoms. The van der Waals surface area contributed by atoms with Crippen LogP contribution in [0.25, 0.3) is 0 Å². The highest BCUT2D eigenvalue weighted by molar-refractivity contribution is 7.09. The lowest BCUT2D eigenvalue weighted by molar-refractivity contribution is 0.193. The SMILES string of the molecule is CCc1nsc(NC2CCN3CCCCC23)n1. The Balaban J connectivity index is 1.65. The highest BCUT2D eigenvalue weighted by Crippen LogP contribution is 2.29. The molecule has 0 saturated carbocycles. The van der Waals surface area contributed by atoms with E-state index in [-0.39, 0.29) is 0 Å². The average Bonchev–Trinajstić information content (AvgIpc) is 2.97. The van der Waals surface area contributed by atoms with Gasteiger partial charge in [0.05, 0.1) is 0 Å². The van der Waals surface area contributed by atoms with E-state index in [4.69, 9.17) is 0 Å². The Hall–Kier alpha value is -0.680. The topological polar surface area (TPSA) is 41.1 Å². The van der Waals surface area contributed by atoms with Gasteiger partial charge in [-0.1, -0.05) is 13.3 Å². The number of aromatic nitrogens is 2. The first-order valence-electron chi connectivity index (χ1n) is 6.70. The van der Waals surface area contributed by atoms with E-state index in [1.54, 1.807) is 0 Å². The molecule has 94 valence electrons. The number of piperidine rings is 1. The Morgan fingerprint density at radius 1 is 1.35 bits per heavy atom. The van der Waals surface area contributed by atoms with E-state index < -0.39 is 0 Å². The highest BCUT2D eigenvalue weighted by atomic mass is 32.1. The van der Waals surface area contributed by atoms with Crippen LogP contribution in [0.2, 0.25) is 0 Å². The highest BCUT2D eigenvalue weighted by Gasteiger charge is 2.35. The molecule has 2 unspecified atom stereocenters. The molecule has 0 aromatic carbocycles. The largest absolute Gasteiger partial charge is 0.356 e. The first kappa shape index (κ1) is 11.4. The van der Waals surface area contributed by atoms with E-state index in [1.807, 2.05) is 0 Å². The molecule has 3 heterocycles. The fourth-order valence-corrected chi connectivity index (χ4v) is 3.74. The normalized spacial score (nSPS) is 29.2. The molecule has 0 aliphatic carbocycles. The third kappa shape index (κ3) is 2.31. The van der Waals surface area contributed by atoms with Crippen LogP contribution in [0.5, 0.6) is 0 Å². The number of hydrogen-bond acceptors (Lipinski definition) is 5. The molecule has 0 spiro atoms. The van der Waals surface area contributed by atoms with Crippen molar-refractivity contribution in [2.24, 2.45) is 0 Å². The van der Waals surface area contributed by atoms with E-state index in [0.29, 0.717) is 6.04 Å². The molecule has 1 N–H and O–H groups in total. The first-order valence-corrected chi connectivity index (χ1v) is 7.47. The minimum absolute atomic E-state index is 0.591. The predicted molar refractivity (Wildman–Crippen MR) is 70.5 cm³/mol. The summed E-state index contributed by atoms with van der Waals surface area (Å²) in [6, 6.07) is 1.32. The van der Waals surface area contributed by atoms with Crippen molar-refractivity contribution in [2.45, 2.75) is 51.1 Å². The maximum atomic E-state index is 4.51. The van der Waals surface area contributed by atoms with Crippen molar-refractivity contribution in [1.82, 2.24) is 14.3 Å². The Labute approximate surface area is 107 Å². The van der Waals surface area contributed by atoms with Crippen molar-refractivity contribution >= 4 is 16.7 Å². The molecule has 2 aliphatic heterocycles. The standard InChI is InChI=1S/C12H20N4S/c1-2-11-14-12(17-15-11)13-9-6-8-16-7-4-3-5-10(9)16/h9-10H,2-8H2,1H3,(H,13,14,15). The molecule has 1 aromatic heterocycles. The average molecular weight is 252 g/mol. The number of fused-ring (bicyclic) bond motifs is 1. The summed E-state index contributed by atoms with van der Waals surface area (Å²) in [5, 5.41) is 4.61. The van der Waals surface area contributed by atoms with E-state index >= 15 is 0 Å². The lowest BCUT2D eigenvalue weighted by atomic mass is 9.99. The van der Waals surface area contributed by atoms with Gasteiger partial charge >= 0.3 is 0 Å². The third-order valence-electron chi connectivity index (χ3n) is 3.95. The van der Waals surface area contributed by atoms with Crippen LogP contribution < -0.4 is 5.32 Å². The number of hydrogen-bond donors (Lipinski definition) is 1. The van der Waals surface area contributed by atoms with Crippen LogP contribution in [0.3, 0.4) is 0 Å². The van der Waals surface area contributed by atoms with Crippen molar-refractivity contribution in [1.29, 1.82) is 0 Å².